The molecule has 148 valence electrons. The van der Waals surface area contributed by atoms with Gasteiger partial charge in [-0.3, -0.25) is 14.2 Å². The number of thiophene rings is 1. The van der Waals surface area contributed by atoms with E-state index in [0.29, 0.717) is 21.5 Å². The molecule has 1 aliphatic heterocycles. The van der Waals surface area contributed by atoms with Crippen molar-refractivity contribution < 1.29 is 14.7 Å². The van der Waals surface area contributed by atoms with E-state index in [1.807, 2.05) is 0 Å². The van der Waals surface area contributed by atoms with Crippen molar-refractivity contribution in [3.63, 3.8) is 0 Å². The summed E-state index contributed by atoms with van der Waals surface area (Å²) in [6.07, 6.45) is 4.88. The molecule has 1 spiro atoms. The molecule has 1 aliphatic carbocycles. The van der Waals surface area contributed by atoms with E-state index in [-0.39, 0.29) is 28.0 Å². The Morgan fingerprint density at radius 3 is 2.79 bits per heavy atom. The number of fused-ring (bicyclic) bond motifs is 3. The van der Waals surface area contributed by atoms with Crippen molar-refractivity contribution in [2.45, 2.75) is 38.3 Å². The maximum Gasteiger partial charge on any atom is 0.345 e. The fourth-order valence-corrected chi connectivity index (χ4v) is 5.12. The van der Waals surface area contributed by atoms with Crippen LogP contribution in [-0.4, -0.2) is 31.5 Å². The van der Waals surface area contributed by atoms with Crippen molar-refractivity contribution in [3.05, 3.63) is 44.8 Å². The van der Waals surface area contributed by atoms with Gasteiger partial charge < -0.3 is 15.7 Å². The van der Waals surface area contributed by atoms with E-state index in [0.717, 1.165) is 37.0 Å². The van der Waals surface area contributed by atoms with Gasteiger partial charge in [0.1, 0.15) is 26.8 Å². The zero-order valence-corrected chi connectivity index (χ0v) is 16.3. The van der Waals surface area contributed by atoms with Crippen molar-refractivity contribution in [2.75, 3.05) is 5.32 Å². The Morgan fingerprint density at radius 2 is 2.07 bits per heavy atom. The molecule has 29 heavy (non-hydrogen) atoms. The molecule has 0 bridgehead atoms. The lowest BCUT2D eigenvalue weighted by Crippen LogP contribution is -2.45. The Bertz CT molecular complexity index is 1260. The lowest BCUT2D eigenvalue weighted by atomic mass is 10.1. The van der Waals surface area contributed by atoms with Crippen LogP contribution < -0.4 is 16.2 Å². The summed E-state index contributed by atoms with van der Waals surface area (Å²) in [5, 5.41) is 15.7. The second-order valence-corrected chi connectivity index (χ2v) is 8.45. The number of aromatic carboxylic acids is 1. The number of carboxylic acid groups (broad SMARTS) is 1. The molecule has 0 radical (unpaired) electrons. The summed E-state index contributed by atoms with van der Waals surface area (Å²) in [6.45, 7) is 1.80. The zero-order chi connectivity index (χ0) is 20.3. The first-order chi connectivity index (χ1) is 13.9. The van der Waals surface area contributed by atoms with Gasteiger partial charge in [0.15, 0.2) is 0 Å². The van der Waals surface area contributed by atoms with E-state index >= 15 is 0 Å². The highest BCUT2D eigenvalue weighted by atomic mass is 32.1. The maximum absolute atomic E-state index is 13.3. The molecule has 5 rings (SSSR count). The molecule has 3 N–H and O–H groups in total. The summed E-state index contributed by atoms with van der Waals surface area (Å²) < 4.78 is 1.59. The first-order valence-electron chi connectivity index (χ1n) is 9.24. The van der Waals surface area contributed by atoms with E-state index in [1.54, 1.807) is 17.6 Å². The zero-order valence-electron chi connectivity index (χ0n) is 15.5. The van der Waals surface area contributed by atoms with Crippen LogP contribution in [0.3, 0.4) is 0 Å². The number of nitrogens with one attached hydrogen (secondary N) is 2. The lowest BCUT2D eigenvalue weighted by molar-refractivity contribution is 0.0702. The van der Waals surface area contributed by atoms with Crippen molar-refractivity contribution in [1.82, 2.24) is 19.9 Å². The predicted octanol–water partition coefficient (Wildman–Crippen LogP) is 2.57. The number of rotatable bonds is 3. The predicted molar refractivity (Wildman–Crippen MR) is 107 cm³/mol. The molecule has 3 aromatic rings. The number of hydrogen-bond acceptors (Lipinski definition) is 7. The first-order valence-corrected chi connectivity index (χ1v) is 10.1. The number of hydrogen-bond donors (Lipinski definition) is 3. The van der Waals surface area contributed by atoms with E-state index in [9.17, 15) is 14.4 Å². The average Bonchev–Trinajstić information content (AvgIpc) is 3.37. The molecule has 3 aromatic heterocycles. The fraction of sp³-hybridized carbons (Fsp3) is 0.316. The maximum atomic E-state index is 13.3. The number of carbonyl (C=O) groups excluding carboxylic acids is 1. The molecular formula is C19H17N5O4S. The number of carboxylic acids is 1. The van der Waals surface area contributed by atoms with Gasteiger partial charge in [-0.05, 0) is 50.3 Å². The van der Waals surface area contributed by atoms with E-state index in [2.05, 4.69) is 20.6 Å². The van der Waals surface area contributed by atoms with Gasteiger partial charge in [0.2, 0.25) is 5.95 Å². The molecule has 0 saturated heterocycles. The van der Waals surface area contributed by atoms with Gasteiger partial charge in [-0.2, -0.15) is 0 Å². The largest absolute Gasteiger partial charge is 0.477 e. The van der Waals surface area contributed by atoms with Crippen molar-refractivity contribution in [3.8, 4) is 0 Å². The monoisotopic (exact) mass is 411 g/mol. The van der Waals surface area contributed by atoms with Crippen LogP contribution in [-0.2, 0) is 5.66 Å². The van der Waals surface area contributed by atoms with Crippen molar-refractivity contribution in [2.24, 2.45) is 0 Å². The number of nitrogens with zero attached hydrogens (tertiary/aromatic N) is 3. The third kappa shape index (κ3) is 2.63. The summed E-state index contributed by atoms with van der Waals surface area (Å²) in [7, 11) is 0. The summed E-state index contributed by atoms with van der Waals surface area (Å²) in [6, 6.07) is 3.15. The standard InChI is InChI=1S/C19H17N5O4S/c1-9-6-11(16(26)24-13(9)14(25)23-19(24)4-2-3-5-19)21-18-20-8-10-7-12(17(27)28)29-15(10)22-18/h6-8H,2-5H2,1H3,(H,23,25)(H,27,28)(H,20,21,22). The molecule has 1 amide bonds. The Morgan fingerprint density at radius 1 is 1.31 bits per heavy atom. The van der Waals surface area contributed by atoms with Crippen molar-refractivity contribution in [1.29, 1.82) is 0 Å². The second-order valence-electron chi connectivity index (χ2n) is 7.42. The molecule has 2 aliphatic rings. The Balaban J connectivity index is 1.59. The summed E-state index contributed by atoms with van der Waals surface area (Å²) in [4.78, 5) is 46.2. The van der Waals surface area contributed by atoms with Crippen molar-refractivity contribution >= 4 is 45.1 Å². The average molecular weight is 411 g/mol. The number of amides is 1. The van der Waals surface area contributed by atoms with E-state index < -0.39 is 11.6 Å². The highest BCUT2D eigenvalue weighted by Gasteiger charge is 2.46. The van der Waals surface area contributed by atoms with Crippen LogP contribution in [0.1, 0.15) is 51.4 Å². The summed E-state index contributed by atoms with van der Waals surface area (Å²) >= 11 is 1.04. The van der Waals surface area contributed by atoms with Crippen LogP contribution in [0.25, 0.3) is 10.2 Å². The third-order valence-corrected chi connectivity index (χ3v) is 6.58. The van der Waals surface area contributed by atoms with Gasteiger partial charge in [-0.1, -0.05) is 0 Å². The molecule has 0 atom stereocenters. The fourth-order valence-electron chi connectivity index (χ4n) is 4.28. The van der Waals surface area contributed by atoms with Crippen LogP contribution in [0.5, 0.6) is 0 Å². The van der Waals surface area contributed by atoms with E-state index in [1.165, 1.54) is 12.3 Å². The Hall–Kier alpha value is -3.27. The van der Waals surface area contributed by atoms with Crippen LogP contribution in [0.15, 0.2) is 23.1 Å². The molecule has 0 unspecified atom stereocenters. The Kier molecular flexibility index (Phi) is 3.75. The summed E-state index contributed by atoms with van der Waals surface area (Å²) in [5.74, 6) is -1.04. The van der Waals surface area contributed by atoms with Gasteiger partial charge >= 0.3 is 5.97 Å². The molecule has 10 heteroatoms. The van der Waals surface area contributed by atoms with Gasteiger partial charge in [-0.15, -0.1) is 11.3 Å². The van der Waals surface area contributed by atoms with Gasteiger partial charge in [0, 0.05) is 11.6 Å². The number of carbonyl (C=O) groups is 2. The molecular weight excluding hydrogens is 394 g/mol. The highest BCUT2D eigenvalue weighted by Crippen LogP contribution is 2.38. The molecule has 1 fully saturated rings. The van der Waals surface area contributed by atoms with Crippen LogP contribution in [0, 0.1) is 6.92 Å². The summed E-state index contributed by atoms with van der Waals surface area (Å²) in [5.41, 5.74) is 0.429. The molecule has 9 nitrogen and oxygen atoms in total. The van der Waals surface area contributed by atoms with Gasteiger partial charge in [-0.25, -0.2) is 14.8 Å². The smallest absolute Gasteiger partial charge is 0.345 e. The minimum absolute atomic E-state index is 0.174. The molecule has 1 saturated carbocycles. The van der Waals surface area contributed by atoms with Crippen LogP contribution in [0.4, 0.5) is 11.6 Å². The Labute approximate surface area is 168 Å². The first kappa shape index (κ1) is 17.8. The quantitative estimate of drug-likeness (QED) is 0.605. The number of aryl methyl sites for hydroxylation is 1. The van der Waals surface area contributed by atoms with Crippen LogP contribution in [0.2, 0.25) is 0 Å². The second kappa shape index (κ2) is 6.11. The van der Waals surface area contributed by atoms with Gasteiger partial charge in [0.05, 0.1) is 0 Å². The van der Waals surface area contributed by atoms with E-state index in [4.69, 9.17) is 5.11 Å². The number of aromatic nitrogens is 3. The molecule has 0 aromatic carbocycles. The third-order valence-electron chi connectivity index (χ3n) is 5.54. The number of anilines is 2. The minimum Gasteiger partial charge on any atom is -0.477 e. The normalized spacial score (nSPS) is 16.9. The minimum atomic E-state index is -1.02. The number of pyridine rings is 1. The topological polar surface area (TPSA) is 126 Å². The van der Waals surface area contributed by atoms with Crippen LogP contribution >= 0.6 is 11.3 Å². The SMILES string of the molecule is Cc1cc(Nc2ncc3cc(C(=O)O)sc3n2)c(=O)n2c1C(=O)NC21CCCC1. The lowest BCUT2D eigenvalue weighted by Gasteiger charge is -2.26. The van der Waals surface area contributed by atoms with Gasteiger partial charge in [0.25, 0.3) is 11.5 Å². The molecule has 4 heterocycles. The highest BCUT2D eigenvalue weighted by molar-refractivity contribution is 7.20.